The van der Waals surface area contributed by atoms with Gasteiger partial charge in [0.25, 0.3) is 0 Å². The van der Waals surface area contributed by atoms with Crippen molar-refractivity contribution in [1.29, 1.82) is 0 Å². The van der Waals surface area contributed by atoms with Gasteiger partial charge in [-0.25, -0.2) is 0 Å². The Morgan fingerprint density at radius 3 is 2.48 bits per heavy atom. The number of allylic oxidation sites excluding steroid dienone is 2. The lowest BCUT2D eigenvalue weighted by Gasteiger charge is -2.35. The first-order valence-electron chi connectivity index (χ1n) is 10.4. The molecular weight excluding hydrogens is 362 g/mol. The highest BCUT2D eigenvalue weighted by Gasteiger charge is 2.38. The average molecular weight is 389 g/mol. The highest BCUT2D eigenvalue weighted by molar-refractivity contribution is 6.02. The summed E-state index contributed by atoms with van der Waals surface area (Å²) in [5.74, 6) is 0.934. The number of nitrogens with one attached hydrogen (secondary N) is 1. The minimum Gasteiger partial charge on any atom is -0.494 e. The van der Waals surface area contributed by atoms with Crippen LogP contribution in [0.1, 0.15) is 61.1 Å². The van der Waals surface area contributed by atoms with Crippen molar-refractivity contribution in [2.24, 2.45) is 0 Å². The molecule has 0 bridgehead atoms. The van der Waals surface area contributed by atoms with Gasteiger partial charge in [0.05, 0.1) is 6.61 Å². The van der Waals surface area contributed by atoms with Gasteiger partial charge in [-0.1, -0.05) is 43.3 Å². The lowest BCUT2D eigenvalue weighted by atomic mass is 9.73. The summed E-state index contributed by atoms with van der Waals surface area (Å²) in [6, 6.07) is 16.1. The number of carbonyl (C=O) groups excluding carboxylic acids is 2. The zero-order valence-electron chi connectivity index (χ0n) is 17.0. The normalized spacial score (nSPS) is 21.6. The van der Waals surface area contributed by atoms with Crippen LogP contribution in [0.3, 0.4) is 0 Å². The van der Waals surface area contributed by atoms with Crippen molar-refractivity contribution in [3.8, 4) is 5.75 Å². The number of ketones is 1. The lowest BCUT2D eigenvalue weighted by molar-refractivity contribution is -0.122. The summed E-state index contributed by atoms with van der Waals surface area (Å²) in [6.45, 7) is 4.82. The predicted molar refractivity (Wildman–Crippen MR) is 113 cm³/mol. The summed E-state index contributed by atoms with van der Waals surface area (Å²) >= 11 is 0. The fourth-order valence-electron chi connectivity index (χ4n) is 4.50. The number of amides is 1. The molecule has 1 N–H and O–H groups in total. The molecule has 0 aromatic heterocycles. The quantitative estimate of drug-likeness (QED) is 0.800. The molecular formula is C25H27NO3. The van der Waals surface area contributed by atoms with Gasteiger partial charge in [-0.2, -0.15) is 0 Å². The minimum atomic E-state index is -0.141. The summed E-state index contributed by atoms with van der Waals surface area (Å²) < 4.78 is 5.66. The SMILES string of the molecule is CCCOc1ccc(C2CC(=O)C3=C(C2)NC(=O)CC3c2ccccc2C)cc1. The number of hydrogen-bond acceptors (Lipinski definition) is 3. The third-order valence-corrected chi connectivity index (χ3v) is 5.92. The number of rotatable bonds is 5. The molecule has 4 heteroatoms. The molecule has 0 saturated carbocycles. The van der Waals surface area contributed by atoms with E-state index in [1.54, 1.807) is 0 Å². The Hall–Kier alpha value is -2.88. The highest BCUT2D eigenvalue weighted by atomic mass is 16.5. The Bertz CT molecular complexity index is 958. The van der Waals surface area contributed by atoms with Crippen LogP contribution in [0.4, 0.5) is 0 Å². The van der Waals surface area contributed by atoms with E-state index >= 15 is 0 Å². The smallest absolute Gasteiger partial charge is 0.225 e. The van der Waals surface area contributed by atoms with Crippen LogP contribution in [-0.2, 0) is 9.59 Å². The van der Waals surface area contributed by atoms with E-state index in [2.05, 4.69) is 12.2 Å². The maximum Gasteiger partial charge on any atom is 0.225 e. The second kappa shape index (κ2) is 8.24. The summed E-state index contributed by atoms with van der Waals surface area (Å²) in [4.78, 5) is 25.6. The third kappa shape index (κ3) is 3.98. The van der Waals surface area contributed by atoms with E-state index in [0.717, 1.165) is 40.1 Å². The Labute approximate surface area is 172 Å². The Morgan fingerprint density at radius 2 is 1.76 bits per heavy atom. The summed E-state index contributed by atoms with van der Waals surface area (Å²) in [5, 5.41) is 3.00. The van der Waals surface area contributed by atoms with Gasteiger partial charge in [-0.3, -0.25) is 9.59 Å². The summed E-state index contributed by atoms with van der Waals surface area (Å²) in [5.41, 5.74) is 4.93. The van der Waals surface area contributed by atoms with E-state index in [-0.39, 0.29) is 23.5 Å². The average Bonchev–Trinajstić information content (AvgIpc) is 2.72. The molecule has 1 aliphatic heterocycles. The van der Waals surface area contributed by atoms with Gasteiger partial charge in [0.1, 0.15) is 5.75 Å². The zero-order valence-corrected chi connectivity index (χ0v) is 17.0. The molecule has 2 aromatic rings. The summed E-state index contributed by atoms with van der Waals surface area (Å²) in [6.07, 6.45) is 2.47. The van der Waals surface area contributed by atoms with E-state index < -0.39 is 0 Å². The number of carbonyl (C=O) groups is 2. The van der Waals surface area contributed by atoms with Gasteiger partial charge in [0, 0.05) is 30.0 Å². The molecule has 29 heavy (non-hydrogen) atoms. The van der Waals surface area contributed by atoms with Gasteiger partial charge >= 0.3 is 0 Å². The number of aryl methyl sites for hydroxylation is 1. The van der Waals surface area contributed by atoms with Crippen LogP contribution in [0, 0.1) is 6.92 Å². The van der Waals surface area contributed by atoms with Gasteiger partial charge < -0.3 is 10.1 Å². The molecule has 1 amide bonds. The first-order valence-corrected chi connectivity index (χ1v) is 10.4. The largest absolute Gasteiger partial charge is 0.494 e. The van der Waals surface area contributed by atoms with Crippen molar-refractivity contribution in [2.75, 3.05) is 6.61 Å². The van der Waals surface area contributed by atoms with Crippen LogP contribution in [0.15, 0.2) is 59.8 Å². The first kappa shape index (κ1) is 19.4. The van der Waals surface area contributed by atoms with Crippen LogP contribution in [0.2, 0.25) is 0 Å². The second-order valence-electron chi connectivity index (χ2n) is 8.00. The van der Waals surface area contributed by atoms with Crippen molar-refractivity contribution in [3.63, 3.8) is 0 Å². The van der Waals surface area contributed by atoms with Crippen molar-refractivity contribution in [2.45, 2.75) is 51.4 Å². The van der Waals surface area contributed by atoms with Gasteiger partial charge in [-0.15, -0.1) is 0 Å². The molecule has 0 fully saturated rings. The maximum absolute atomic E-state index is 13.2. The number of Topliss-reactive ketones (excluding diaryl/α,β-unsaturated/α-hetero) is 1. The van der Waals surface area contributed by atoms with Crippen molar-refractivity contribution in [1.82, 2.24) is 5.32 Å². The molecule has 150 valence electrons. The molecule has 2 atom stereocenters. The Balaban J connectivity index is 1.62. The van der Waals surface area contributed by atoms with Gasteiger partial charge in [0.2, 0.25) is 5.91 Å². The molecule has 1 heterocycles. The highest BCUT2D eigenvalue weighted by Crippen LogP contribution is 2.43. The first-order chi connectivity index (χ1) is 14.1. The van der Waals surface area contributed by atoms with Crippen molar-refractivity contribution < 1.29 is 14.3 Å². The van der Waals surface area contributed by atoms with E-state index in [1.807, 2.05) is 55.5 Å². The van der Waals surface area contributed by atoms with E-state index in [4.69, 9.17) is 4.74 Å². The minimum absolute atomic E-state index is 0.00577. The molecule has 4 rings (SSSR count). The topological polar surface area (TPSA) is 55.4 Å². The van der Waals surface area contributed by atoms with E-state index in [9.17, 15) is 9.59 Å². The van der Waals surface area contributed by atoms with Crippen LogP contribution >= 0.6 is 0 Å². The van der Waals surface area contributed by atoms with Crippen molar-refractivity contribution >= 4 is 11.7 Å². The van der Waals surface area contributed by atoms with Gasteiger partial charge in [-0.05, 0) is 54.5 Å². The van der Waals surface area contributed by atoms with E-state index in [1.165, 1.54) is 0 Å². The number of benzene rings is 2. The fraction of sp³-hybridized carbons (Fsp3) is 0.360. The molecule has 0 saturated heterocycles. The molecule has 2 aliphatic rings. The molecule has 1 aliphatic carbocycles. The predicted octanol–water partition coefficient (Wildman–Crippen LogP) is 4.79. The van der Waals surface area contributed by atoms with Crippen LogP contribution < -0.4 is 10.1 Å². The molecule has 4 nitrogen and oxygen atoms in total. The Morgan fingerprint density at radius 1 is 1.00 bits per heavy atom. The number of ether oxygens (including phenoxy) is 1. The number of hydrogen-bond donors (Lipinski definition) is 1. The Kier molecular flexibility index (Phi) is 5.52. The molecule has 0 radical (unpaired) electrons. The molecule has 2 unspecified atom stereocenters. The zero-order chi connectivity index (χ0) is 20.4. The van der Waals surface area contributed by atoms with Crippen LogP contribution in [0.5, 0.6) is 5.75 Å². The maximum atomic E-state index is 13.2. The van der Waals surface area contributed by atoms with E-state index in [0.29, 0.717) is 25.9 Å². The molecule has 2 aromatic carbocycles. The second-order valence-corrected chi connectivity index (χ2v) is 8.00. The van der Waals surface area contributed by atoms with Crippen LogP contribution in [-0.4, -0.2) is 18.3 Å². The fourth-order valence-corrected chi connectivity index (χ4v) is 4.50. The third-order valence-electron chi connectivity index (χ3n) is 5.92. The van der Waals surface area contributed by atoms with Crippen LogP contribution in [0.25, 0.3) is 0 Å². The molecule has 0 spiro atoms. The lowest BCUT2D eigenvalue weighted by Crippen LogP contribution is -2.38. The van der Waals surface area contributed by atoms with Gasteiger partial charge in [0.15, 0.2) is 5.78 Å². The standard InChI is InChI=1S/C25H27NO3/c1-3-12-29-19-10-8-17(9-11-19)18-13-22-25(23(27)14-18)21(15-24(28)26-22)20-7-5-4-6-16(20)2/h4-11,18,21H,3,12-15H2,1-2H3,(H,26,28). The summed E-state index contributed by atoms with van der Waals surface area (Å²) in [7, 11) is 0. The van der Waals surface area contributed by atoms with Crippen molar-refractivity contribution in [3.05, 3.63) is 76.5 Å². The monoisotopic (exact) mass is 389 g/mol.